The van der Waals surface area contributed by atoms with Gasteiger partial charge in [0.05, 0.1) is 12.1 Å². The number of aromatic nitrogens is 1. The smallest absolute Gasteiger partial charge is 0.349 e. The minimum Gasteiger partial charge on any atom is -0.460 e. The quantitative estimate of drug-likeness (QED) is 0.603. The van der Waals surface area contributed by atoms with Gasteiger partial charge in [-0.25, -0.2) is 9.18 Å². The highest BCUT2D eigenvalue weighted by molar-refractivity contribution is 5.91. The van der Waals surface area contributed by atoms with E-state index in [1.807, 2.05) is 0 Å². The Morgan fingerprint density at radius 2 is 1.82 bits per heavy atom. The number of aryl methyl sites for hydroxylation is 1. The van der Waals surface area contributed by atoms with Gasteiger partial charge in [0, 0.05) is 19.8 Å². The zero-order valence-electron chi connectivity index (χ0n) is 16.2. The van der Waals surface area contributed by atoms with E-state index in [2.05, 4.69) is 5.32 Å². The van der Waals surface area contributed by atoms with Crippen LogP contribution in [0.1, 0.15) is 37.6 Å². The summed E-state index contributed by atoms with van der Waals surface area (Å²) in [4.78, 5) is 36.3. The third-order valence-electron chi connectivity index (χ3n) is 3.51. The molecule has 1 aromatic carbocycles. The van der Waals surface area contributed by atoms with Gasteiger partial charge in [-0.1, -0.05) is 0 Å². The summed E-state index contributed by atoms with van der Waals surface area (Å²) in [7, 11) is 1.50. The SMILES string of the molecule is Cn1cc(NCCC(=O)OC(C)(C)C)cc(C(=O)Oc2ccc(F)cc2)c1=O. The third-order valence-corrected chi connectivity index (χ3v) is 3.51. The van der Waals surface area contributed by atoms with Crippen molar-refractivity contribution in [3.63, 3.8) is 0 Å². The molecule has 1 heterocycles. The van der Waals surface area contributed by atoms with Crippen molar-refractivity contribution in [2.75, 3.05) is 11.9 Å². The maximum atomic E-state index is 12.9. The van der Waals surface area contributed by atoms with Crippen molar-refractivity contribution in [1.29, 1.82) is 0 Å². The van der Waals surface area contributed by atoms with Crippen LogP contribution in [0.4, 0.5) is 10.1 Å². The van der Waals surface area contributed by atoms with Gasteiger partial charge in [0.15, 0.2) is 0 Å². The van der Waals surface area contributed by atoms with E-state index in [0.717, 1.165) is 12.1 Å². The van der Waals surface area contributed by atoms with E-state index in [1.165, 1.54) is 36.0 Å². The first-order valence-electron chi connectivity index (χ1n) is 8.69. The molecule has 0 amide bonds. The number of anilines is 1. The predicted octanol–water partition coefficient (Wildman–Crippen LogP) is 2.89. The lowest BCUT2D eigenvalue weighted by molar-refractivity contribution is -0.154. The number of pyridine rings is 1. The zero-order chi connectivity index (χ0) is 20.9. The number of carbonyl (C=O) groups excluding carboxylic acids is 2. The van der Waals surface area contributed by atoms with Crippen LogP contribution in [-0.2, 0) is 16.6 Å². The van der Waals surface area contributed by atoms with Crippen molar-refractivity contribution >= 4 is 17.6 Å². The van der Waals surface area contributed by atoms with Crippen LogP contribution in [0, 0.1) is 5.82 Å². The fraction of sp³-hybridized carbons (Fsp3) is 0.350. The summed E-state index contributed by atoms with van der Waals surface area (Å²) in [5, 5.41) is 2.98. The highest BCUT2D eigenvalue weighted by Crippen LogP contribution is 2.14. The summed E-state index contributed by atoms with van der Waals surface area (Å²) in [5.74, 6) is -1.56. The molecule has 0 spiro atoms. The summed E-state index contributed by atoms with van der Waals surface area (Å²) >= 11 is 0. The van der Waals surface area contributed by atoms with Gasteiger partial charge < -0.3 is 19.4 Å². The lowest BCUT2D eigenvalue weighted by atomic mass is 10.2. The molecular weight excluding hydrogens is 367 g/mol. The fourth-order valence-corrected chi connectivity index (χ4v) is 2.32. The second kappa shape index (κ2) is 8.69. The molecule has 1 N–H and O–H groups in total. The number of nitrogens with one attached hydrogen (secondary N) is 1. The minimum atomic E-state index is -0.858. The molecule has 1 aromatic heterocycles. The van der Waals surface area contributed by atoms with Crippen molar-refractivity contribution < 1.29 is 23.5 Å². The Morgan fingerprint density at radius 1 is 1.18 bits per heavy atom. The summed E-state index contributed by atoms with van der Waals surface area (Å²) in [5.41, 5.74) is -0.819. The van der Waals surface area contributed by atoms with Gasteiger partial charge in [0.1, 0.15) is 22.7 Å². The van der Waals surface area contributed by atoms with E-state index in [1.54, 1.807) is 20.8 Å². The molecule has 0 bridgehead atoms. The Balaban J connectivity index is 2.07. The van der Waals surface area contributed by atoms with Gasteiger partial charge in [0.2, 0.25) is 0 Å². The average Bonchev–Trinajstić information content (AvgIpc) is 2.58. The number of hydrogen-bond acceptors (Lipinski definition) is 6. The molecule has 0 saturated heterocycles. The molecule has 150 valence electrons. The fourth-order valence-electron chi connectivity index (χ4n) is 2.32. The van der Waals surface area contributed by atoms with Crippen molar-refractivity contribution in [2.24, 2.45) is 7.05 Å². The van der Waals surface area contributed by atoms with Gasteiger partial charge in [-0.2, -0.15) is 0 Å². The van der Waals surface area contributed by atoms with Gasteiger partial charge in [-0.3, -0.25) is 9.59 Å². The summed E-state index contributed by atoms with van der Waals surface area (Å²) < 4.78 is 24.5. The van der Waals surface area contributed by atoms with E-state index in [9.17, 15) is 18.8 Å². The van der Waals surface area contributed by atoms with E-state index in [-0.39, 0.29) is 30.2 Å². The molecule has 0 atom stereocenters. The van der Waals surface area contributed by atoms with Crippen LogP contribution in [0.2, 0.25) is 0 Å². The number of rotatable bonds is 6. The number of ether oxygens (including phenoxy) is 2. The molecular formula is C20H23FN2O5. The normalized spacial score (nSPS) is 11.0. The second-order valence-corrected chi connectivity index (χ2v) is 7.17. The lowest BCUT2D eigenvalue weighted by Gasteiger charge is -2.19. The van der Waals surface area contributed by atoms with Gasteiger partial charge >= 0.3 is 11.9 Å². The molecule has 0 aliphatic carbocycles. The van der Waals surface area contributed by atoms with Crippen LogP contribution in [0.15, 0.2) is 41.3 Å². The second-order valence-electron chi connectivity index (χ2n) is 7.17. The van der Waals surface area contributed by atoms with Crippen LogP contribution in [0.5, 0.6) is 5.75 Å². The molecule has 2 rings (SSSR count). The first-order chi connectivity index (χ1) is 13.0. The zero-order valence-corrected chi connectivity index (χ0v) is 16.2. The van der Waals surface area contributed by atoms with E-state index in [4.69, 9.17) is 9.47 Å². The van der Waals surface area contributed by atoms with Crippen LogP contribution in [0.3, 0.4) is 0 Å². The van der Waals surface area contributed by atoms with Gasteiger partial charge in [-0.05, 0) is 51.1 Å². The summed E-state index contributed by atoms with van der Waals surface area (Å²) in [6.07, 6.45) is 1.63. The minimum absolute atomic E-state index is 0.121. The Morgan fingerprint density at radius 3 is 2.43 bits per heavy atom. The number of carbonyl (C=O) groups is 2. The third kappa shape index (κ3) is 6.22. The molecule has 0 aliphatic heterocycles. The first-order valence-corrected chi connectivity index (χ1v) is 8.69. The highest BCUT2D eigenvalue weighted by atomic mass is 19.1. The van der Waals surface area contributed by atoms with Crippen LogP contribution in [0.25, 0.3) is 0 Å². The van der Waals surface area contributed by atoms with E-state index in [0.29, 0.717) is 5.69 Å². The van der Waals surface area contributed by atoms with Gasteiger partial charge in [0.25, 0.3) is 5.56 Å². The Bertz CT molecular complexity index is 914. The molecule has 0 saturated carbocycles. The van der Waals surface area contributed by atoms with Crippen molar-refractivity contribution in [3.8, 4) is 5.75 Å². The Labute approximate surface area is 162 Å². The largest absolute Gasteiger partial charge is 0.460 e. The average molecular weight is 390 g/mol. The Hall–Kier alpha value is -3.16. The molecule has 7 nitrogen and oxygen atoms in total. The molecule has 0 fully saturated rings. The number of halogens is 1. The standard InChI is InChI=1S/C20H23FN2O5/c1-20(2,3)28-17(24)9-10-22-14-11-16(18(25)23(4)12-14)19(26)27-15-7-5-13(21)6-8-15/h5-8,11-12,22H,9-10H2,1-4H3. The molecule has 0 unspecified atom stereocenters. The van der Waals surface area contributed by atoms with Crippen molar-refractivity contribution in [3.05, 3.63) is 58.3 Å². The number of benzene rings is 1. The van der Waals surface area contributed by atoms with Crippen molar-refractivity contribution in [2.45, 2.75) is 32.8 Å². The molecule has 0 aliphatic rings. The highest BCUT2D eigenvalue weighted by Gasteiger charge is 2.17. The van der Waals surface area contributed by atoms with Gasteiger partial charge in [-0.15, -0.1) is 0 Å². The van der Waals surface area contributed by atoms with Crippen LogP contribution in [-0.4, -0.2) is 28.7 Å². The molecule has 28 heavy (non-hydrogen) atoms. The molecule has 2 aromatic rings. The number of nitrogens with zero attached hydrogens (tertiary/aromatic N) is 1. The molecule has 0 radical (unpaired) electrons. The van der Waals surface area contributed by atoms with E-state index < -0.39 is 22.9 Å². The van der Waals surface area contributed by atoms with Crippen molar-refractivity contribution in [1.82, 2.24) is 4.57 Å². The maximum Gasteiger partial charge on any atom is 0.349 e. The molecule has 8 heteroatoms. The maximum absolute atomic E-state index is 12.9. The topological polar surface area (TPSA) is 86.6 Å². The Kier molecular flexibility index (Phi) is 6.56. The van der Waals surface area contributed by atoms with Crippen LogP contribution >= 0.6 is 0 Å². The predicted molar refractivity (Wildman–Crippen MR) is 102 cm³/mol. The van der Waals surface area contributed by atoms with Crippen LogP contribution < -0.4 is 15.6 Å². The lowest BCUT2D eigenvalue weighted by Crippen LogP contribution is -2.27. The number of esters is 2. The summed E-state index contributed by atoms with van der Waals surface area (Å²) in [6, 6.07) is 6.23. The summed E-state index contributed by atoms with van der Waals surface area (Å²) in [6.45, 7) is 5.61. The first kappa shape index (κ1) is 21.1. The number of hydrogen-bond donors (Lipinski definition) is 1. The van der Waals surface area contributed by atoms with E-state index >= 15 is 0 Å². The monoisotopic (exact) mass is 390 g/mol.